The molecule has 0 saturated carbocycles. The number of nitrogens with one attached hydrogen (secondary N) is 1. The Morgan fingerprint density at radius 1 is 0.784 bits per heavy atom. The summed E-state index contributed by atoms with van der Waals surface area (Å²) in [4.78, 5) is 39.5. The molecular weight excluding hydrogens is 656 g/mol. The van der Waals surface area contributed by atoms with E-state index >= 15 is 0 Å². The highest BCUT2D eigenvalue weighted by Crippen LogP contribution is 2.43. The predicted molar refractivity (Wildman–Crippen MR) is 186 cm³/mol. The Kier molecular flexibility index (Phi) is 11.1. The minimum atomic E-state index is -1.31. The average Bonchev–Trinajstić information content (AvgIpc) is 3.48. The van der Waals surface area contributed by atoms with Crippen LogP contribution in [0.4, 0.5) is 0 Å². The summed E-state index contributed by atoms with van der Waals surface area (Å²) >= 11 is 0. The van der Waals surface area contributed by atoms with E-state index in [1.165, 1.54) is 12.3 Å². The minimum absolute atomic E-state index is 0.114. The van der Waals surface area contributed by atoms with Gasteiger partial charge in [0.1, 0.15) is 42.0 Å². The largest absolute Gasteiger partial charge is 0.497 e. The lowest BCUT2D eigenvalue weighted by molar-refractivity contribution is -0.0992. The number of nitrogens with zero attached hydrogens (tertiary/aromatic N) is 1. The number of hydrogen-bond acceptors (Lipinski definition) is 10. The van der Waals surface area contributed by atoms with Gasteiger partial charge in [0.2, 0.25) is 0 Å². The SMILES string of the molecule is COc1ccc(C(OC[C@H]2O[C@@H](n3ccc(=O)[nH]c3=O)[C@H](OCCOC(=O)c3ccccc3)[C@@H]2O)(c2ccccc2)c2ccc(OC)cc2)cc1. The number of aromatic amines is 1. The van der Waals surface area contributed by atoms with Crippen molar-refractivity contribution in [2.45, 2.75) is 30.1 Å². The van der Waals surface area contributed by atoms with Crippen LogP contribution in [0.3, 0.4) is 0 Å². The number of H-pyrrole nitrogens is 1. The summed E-state index contributed by atoms with van der Waals surface area (Å²) in [7, 11) is 3.18. The van der Waals surface area contributed by atoms with E-state index in [0.29, 0.717) is 17.1 Å². The Morgan fingerprint density at radius 3 is 1.92 bits per heavy atom. The number of ether oxygens (including phenoxy) is 6. The molecule has 1 saturated heterocycles. The van der Waals surface area contributed by atoms with Crippen molar-refractivity contribution >= 4 is 5.97 Å². The van der Waals surface area contributed by atoms with E-state index in [1.807, 2.05) is 78.9 Å². The van der Waals surface area contributed by atoms with Crippen molar-refractivity contribution in [3.63, 3.8) is 0 Å². The Bertz CT molecular complexity index is 1950. The first-order valence-corrected chi connectivity index (χ1v) is 16.3. The molecule has 4 aromatic carbocycles. The second-order valence-electron chi connectivity index (χ2n) is 11.7. The summed E-state index contributed by atoms with van der Waals surface area (Å²) in [6.45, 7) is -0.402. The molecule has 264 valence electrons. The number of aliphatic hydroxyl groups excluding tert-OH is 1. The van der Waals surface area contributed by atoms with E-state index in [1.54, 1.807) is 44.6 Å². The number of aromatic nitrogens is 2. The van der Waals surface area contributed by atoms with Gasteiger partial charge in [-0.05, 0) is 53.1 Å². The van der Waals surface area contributed by atoms with Crippen LogP contribution in [0.2, 0.25) is 0 Å². The molecule has 0 aliphatic carbocycles. The second-order valence-corrected chi connectivity index (χ2v) is 11.7. The Morgan fingerprint density at radius 2 is 1.35 bits per heavy atom. The summed E-state index contributed by atoms with van der Waals surface area (Å²) < 4.78 is 36.7. The third-order valence-electron chi connectivity index (χ3n) is 8.71. The third-order valence-corrected chi connectivity index (χ3v) is 8.71. The molecule has 1 aliphatic heterocycles. The minimum Gasteiger partial charge on any atom is -0.497 e. The highest BCUT2D eigenvalue weighted by Gasteiger charge is 2.48. The van der Waals surface area contributed by atoms with Crippen molar-refractivity contribution in [3.8, 4) is 11.5 Å². The Labute approximate surface area is 293 Å². The van der Waals surface area contributed by atoms with Crippen LogP contribution < -0.4 is 20.7 Å². The van der Waals surface area contributed by atoms with Crippen molar-refractivity contribution < 1.29 is 38.3 Å². The molecule has 0 unspecified atom stereocenters. The molecule has 0 spiro atoms. The third kappa shape index (κ3) is 7.64. The molecule has 5 aromatic rings. The number of carbonyl (C=O) groups excluding carboxylic acids is 1. The summed E-state index contributed by atoms with van der Waals surface area (Å²) in [5.74, 6) is 0.790. The zero-order valence-electron chi connectivity index (χ0n) is 28.0. The van der Waals surface area contributed by atoms with Crippen molar-refractivity contribution in [2.24, 2.45) is 0 Å². The van der Waals surface area contributed by atoms with Crippen LogP contribution in [-0.4, -0.2) is 73.0 Å². The molecule has 0 bridgehead atoms. The molecule has 4 atom stereocenters. The lowest BCUT2D eigenvalue weighted by atomic mass is 9.80. The maximum Gasteiger partial charge on any atom is 0.338 e. The summed E-state index contributed by atoms with van der Waals surface area (Å²) in [6, 6.07) is 34.3. The van der Waals surface area contributed by atoms with Crippen molar-refractivity contribution in [2.75, 3.05) is 34.0 Å². The molecule has 1 aliphatic rings. The van der Waals surface area contributed by atoms with E-state index in [2.05, 4.69) is 4.98 Å². The lowest BCUT2D eigenvalue weighted by Crippen LogP contribution is -2.41. The summed E-state index contributed by atoms with van der Waals surface area (Å²) in [5.41, 5.74) is 0.174. The number of esters is 1. The van der Waals surface area contributed by atoms with Crippen molar-refractivity contribution in [1.29, 1.82) is 0 Å². The molecule has 2 heterocycles. The van der Waals surface area contributed by atoms with E-state index < -0.39 is 47.4 Å². The zero-order chi connectivity index (χ0) is 35.8. The molecule has 2 N–H and O–H groups in total. The highest BCUT2D eigenvalue weighted by molar-refractivity contribution is 5.89. The van der Waals surface area contributed by atoms with Crippen LogP contribution >= 0.6 is 0 Å². The number of aliphatic hydroxyl groups is 1. The molecule has 6 rings (SSSR count). The molecule has 0 radical (unpaired) electrons. The fourth-order valence-corrected chi connectivity index (χ4v) is 6.15. The van der Waals surface area contributed by atoms with E-state index in [9.17, 15) is 19.5 Å². The fourth-order valence-electron chi connectivity index (χ4n) is 6.15. The quantitative estimate of drug-likeness (QED) is 0.0991. The molecule has 0 amide bonds. The molecule has 12 nitrogen and oxygen atoms in total. The molecule has 1 aromatic heterocycles. The zero-order valence-corrected chi connectivity index (χ0v) is 28.0. The van der Waals surface area contributed by atoms with E-state index in [-0.39, 0.29) is 19.8 Å². The molecule has 1 fully saturated rings. The van der Waals surface area contributed by atoms with E-state index in [0.717, 1.165) is 21.3 Å². The van der Waals surface area contributed by atoms with Gasteiger partial charge in [0.05, 0.1) is 33.0 Å². The number of rotatable bonds is 14. The first-order chi connectivity index (χ1) is 24.8. The van der Waals surface area contributed by atoms with Crippen LogP contribution in [0.1, 0.15) is 33.3 Å². The maximum atomic E-state index is 12.9. The van der Waals surface area contributed by atoms with Gasteiger partial charge in [0.15, 0.2) is 6.23 Å². The topological polar surface area (TPSA) is 148 Å². The maximum absolute atomic E-state index is 12.9. The van der Waals surface area contributed by atoms with Gasteiger partial charge in [0, 0.05) is 12.3 Å². The first kappa shape index (κ1) is 35.3. The van der Waals surface area contributed by atoms with E-state index in [4.69, 9.17) is 28.4 Å². The normalized spacial score (nSPS) is 18.6. The monoisotopic (exact) mass is 694 g/mol. The van der Waals surface area contributed by atoms with Gasteiger partial charge < -0.3 is 33.5 Å². The van der Waals surface area contributed by atoms with Crippen LogP contribution in [0.15, 0.2) is 131 Å². The lowest BCUT2D eigenvalue weighted by Gasteiger charge is -2.37. The fraction of sp³-hybridized carbons (Fsp3) is 0.256. The number of benzene rings is 4. The van der Waals surface area contributed by atoms with Gasteiger partial charge in [-0.3, -0.25) is 14.3 Å². The van der Waals surface area contributed by atoms with Gasteiger partial charge in [-0.25, -0.2) is 9.59 Å². The standard InChI is InChI=1S/C39H38N2O10/c1-46-30-17-13-28(14-18-30)39(27-11-7-4-8-12-27,29-15-19-31(47-2)20-16-29)50-25-32-34(43)35(36(51-32)41-22-21-33(42)40-38(41)45)48-23-24-49-37(44)26-9-5-3-6-10-26/h3-22,32,34-36,43H,23-25H2,1-2H3,(H,40,42,45)/t32-,34-,35-,36-/m1/s1. The smallest absolute Gasteiger partial charge is 0.338 e. The molecular formula is C39H38N2O10. The van der Waals surface area contributed by atoms with Gasteiger partial charge in [-0.15, -0.1) is 0 Å². The highest BCUT2D eigenvalue weighted by atomic mass is 16.6. The first-order valence-electron chi connectivity index (χ1n) is 16.3. The molecule has 12 heteroatoms. The predicted octanol–water partition coefficient (Wildman–Crippen LogP) is 4.06. The second kappa shape index (κ2) is 16.0. The van der Waals surface area contributed by atoms with Crippen molar-refractivity contribution in [1.82, 2.24) is 9.55 Å². The van der Waals surface area contributed by atoms with Crippen molar-refractivity contribution in [3.05, 3.63) is 165 Å². The van der Waals surface area contributed by atoms with Gasteiger partial charge in [0.25, 0.3) is 5.56 Å². The van der Waals surface area contributed by atoms with Crippen LogP contribution in [0, 0.1) is 0 Å². The van der Waals surface area contributed by atoms with Gasteiger partial charge in [-0.2, -0.15) is 0 Å². The summed E-state index contributed by atoms with van der Waals surface area (Å²) in [5, 5.41) is 11.7. The number of methoxy groups -OCH3 is 2. The Hall–Kier alpha value is -5.53. The van der Waals surface area contributed by atoms with Crippen LogP contribution in [0.25, 0.3) is 0 Å². The van der Waals surface area contributed by atoms with Crippen LogP contribution in [0.5, 0.6) is 11.5 Å². The van der Waals surface area contributed by atoms with Crippen LogP contribution in [-0.2, 0) is 24.5 Å². The Balaban J connectivity index is 1.31. The number of hydrogen-bond donors (Lipinski definition) is 2. The van der Waals surface area contributed by atoms with Gasteiger partial charge >= 0.3 is 11.7 Å². The number of carbonyl (C=O) groups is 1. The molecule has 51 heavy (non-hydrogen) atoms. The summed E-state index contributed by atoms with van der Waals surface area (Å²) in [6.07, 6.45) is -3.30. The van der Waals surface area contributed by atoms with Gasteiger partial charge in [-0.1, -0.05) is 72.8 Å². The average molecular weight is 695 g/mol.